The molecule has 0 saturated carbocycles. The minimum atomic E-state index is -1.47. The van der Waals surface area contributed by atoms with Gasteiger partial charge in [-0.05, 0) is 41.0 Å². The predicted molar refractivity (Wildman–Crippen MR) is 259 cm³/mol. The monoisotopic (exact) mass is 979 g/mol. The minimum Gasteiger partial charge on any atom is -0.453 e. The van der Waals surface area contributed by atoms with Gasteiger partial charge in [0.1, 0.15) is 37.8 Å². The van der Waals surface area contributed by atoms with Crippen LogP contribution in [0.25, 0.3) is 0 Å². The molecule has 3 fully saturated rings. The number of ether oxygens (including phenoxy) is 10. The number of esters is 2. The van der Waals surface area contributed by atoms with Crippen LogP contribution in [0.15, 0.2) is 182 Å². The van der Waals surface area contributed by atoms with E-state index in [1.165, 1.54) is 4.90 Å². The van der Waals surface area contributed by atoms with Crippen molar-refractivity contribution in [2.75, 3.05) is 19.9 Å². The summed E-state index contributed by atoms with van der Waals surface area (Å²) in [6.07, 6.45) is -12.2. The maximum absolute atomic E-state index is 14.0. The molecule has 1 N–H and O–H groups in total. The number of hydrogen-bond acceptors (Lipinski definition) is 14. The van der Waals surface area contributed by atoms with E-state index in [1.54, 1.807) is 67.6 Å². The first-order chi connectivity index (χ1) is 35.3. The van der Waals surface area contributed by atoms with Gasteiger partial charge < -0.3 is 52.5 Å². The third-order valence-electron chi connectivity index (χ3n) is 12.6. The number of amides is 1. The molecule has 15 heteroatoms. The van der Waals surface area contributed by atoms with Gasteiger partial charge in [0.2, 0.25) is 0 Å². The maximum atomic E-state index is 14.0. The highest BCUT2D eigenvalue weighted by Gasteiger charge is 2.55. The summed E-state index contributed by atoms with van der Waals surface area (Å²) in [5.41, 5.74) is 3.75. The lowest BCUT2D eigenvalue weighted by atomic mass is 9.89. The summed E-state index contributed by atoms with van der Waals surface area (Å²) < 4.78 is 63.8. The smallest absolute Gasteiger partial charge is 0.412 e. The van der Waals surface area contributed by atoms with Crippen LogP contribution in [-0.2, 0) is 67.1 Å². The SMILES string of the molecule is CC1C(OC2OC3COC(c4ccccc4)OC3C(O)C2OC(=O)c2ccccc2)C(COCc2ccccc2)OC(OCN(Cc2ccccc2)C(=O)OCc2ccccc2)C1OC(=O)c1ccccc1. The van der Waals surface area contributed by atoms with Gasteiger partial charge in [-0.2, -0.15) is 0 Å². The van der Waals surface area contributed by atoms with Crippen molar-refractivity contribution in [3.8, 4) is 0 Å². The number of nitrogens with zero attached hydrogens (tertiary/aromatic N) is 1. The van der Waals surface area contributed by atoms with Crippen molar-refractivity contribution >= 4 is 18.0 Å². The standard InChI is InChI=1S/C57H57NO14/c1-38-48(71-56-51(70-53(61)43-28-16-6-17-29-43)47(59)50-46(68-56)36-64-54(72-50)44-30-18-7-19-31-44)45(35-63-33-40-22-10-3-11-23-40)67-55(49(38)69-52(60)42-26-14-5-15-27-42)66-37-58(32-39-20-8-2-9-21-39)57(62)65-34-41-24-12-4-13-25-41/h2-31,38,45-51,54-56,59H,32-37H2,1H3. The summed E-state index contributed by atoms with van der Waals surface area (Å²) >= 11 is 0. The van der Waals surface area contributed by atoms with Crippen LogP contribution >= 0.6 is 0 Å². The normalized spacial score (nSPS) is 25.8. The summed E-state index contributed by atoms with van der Waals surface area (Å²) in [6.45, 7) is 1.73. The lowest BCUT2D eigenvalue weighted by Gasteiger charge is -2.50. The molecule has 0 bridgehead atoms. The van der Waals surface area contributed by atoms with Crippen LogP contribution in [-0.4, -0.2) is 103 Å². The molecule has 6 aromatic rings. The molecule has 3 heterocycles. The van der Waals surface area contributed by atoms with Gasteiger partial charge in [-0.1, -0.05) is 165 Å². The zero-order valence-electron chi connectivity index (χ0n) is 39.6. The number of rotatable bonds is 18. The van der Waals surface area contributed by atoms with Gasteiger partial charge in [0.25, 0.3) is 0 Å². The minimum absolute atomic E-state index is 0.00132. The fourth-order valence-electron chi connectivity index (χ4n) is 8.82. The number of aliphatic hydroxyl groups excluding tert-OH is 1. The molecule has 3 aliphatic rings. The molecule has 6 aromatic carbocycles. The molecule has 0 spiro atoms. The largest absolute Gasteiger partial charge is 0.453 e. The van der Waals surface area contributed by atoms with Gasteiger partial charge in [0.15, 0.2) is 31.1 Å². The molecule has 9 rings (SSSR count). The first-order valence-corrected chi connectivity index (χ1v) is 24.0. The Hall–Kier alpha value is -6.79. The quantitative estimate of drug-likeness (QED) is 0.0495. The van der Waals surface area contributed by atoms with Crippen molar-refractivity contribution in [2.24, 2.45) is 5.92 Å². The van der Waals surface area contributed by atoms with Crippen LogP contribution < -0.4 is 0 Å². The Morgan fingerprint density at radius 2 is 1.12 bits per heavy atom. The summed E-state index contributed by atoms with van der Waals surface area (Å²) in [5, 5.41) is 12.2. The number of fused-ring (bicyclic) bond motifs is 1. The Morgan fingerprint density at radius 1 is 0.597 bits per heavy atom. The molecular formula is C57H57NO14. The van der Waals surface area contributed by atoms with Crippen LogP contribution in [0.2, 0.25) is 0 Å². The topological polar surface area (TPSA) is 167 Å². The van der Waals surface area contributed by atoms with E-state index in [0.717, 1.165) is 22.3 Å². The molecule has 11 atom stereocenters. The second-order valence-corrected chi connectivity index (χ2v) is 17.7. The highest BCUT2D eigenvalue weighted by atomic mass is 16.8. The molecular weight excluding hydrogens is 923 g/mol. The molecule has 0 aliphatic carbocycles. The highest BCUT2D eigenvalue weighted by molar-refractivity contribution is 5.90. The van der Waals surface area contributed by atoms with E-state index >= 15 is 0 Å². The van der Waals surface area contributed by atoms with E-state index in [9.17, 15) is 19.5 Å². The van der Waals surface area contributed by atoms with Gasteiger partial charge in [-0.15, -0.1) is 0 Å². The molecule has 0 radical (unpaired) electrons. The van der Waals surface area contributed by atoms with Gasteiger partial charge in [-0.25, -0.2) is 14.4 Å². The van der Waals surface area contributed by atoms with Crippen LogP contribution in [0.1, 0.15) is 56.2 Å². The Balaban J connectivity index is 1.02. The molecule has 1 amide bonds. The lowest BCUT2D eigenvalue weighted by molar-refractivity contribution is -0.382. The predicted octanol–water partition coefficient (Wildman–Crippen LogP) is 8.41. The van der Waals surface area contributed by atoms with Gasteiger partial charge >= 0.3 is 18.0 Å². The average molecular weight is 980 g/mol. The second-order valence-electron chi connectivity index (χ2n) is 17.7. The fourth-order valence-corrected chi connectivity index (χ4v) is 8.82. The van der Waals surface area contributed by atoms with Gasteiger partial charge in [-0.3, -0.25) is 4.90 Å². The molecule has 0 aromatic heterocycles. The van der Waals surface area contributed by atoms with Crippen LogP contribution in [0, 0.1) is 5.92 Å². The van der Waals surface area contributed by atoms with E-state index < -0.39 is 85.5 Å². The van der Waals surface area contributed by atoms with Crippen molar-refractivity contribution < 1.29 is 66.9 Å². The molecule has 3 saturated heterocycles. The van der Waals surface area contributed by atoms with E-state index in [2.05, 4.69) is 0 Å². The number of carbonyl (C=O) groups excluding carboxylic acids is 3. The first-order valence-electron chi connectivity index (χ1n) is 24.0. The van der Waals surface area contributed by atoms with Crippen LogP contribution in [0.4, 0.5) is 4.79 Å². The fraction of sp³-hybridized carbons (Fsp3) is 0.316. The molecule has 3 aliphatic heterocycles. The second kappa shape index (κ2) is 24.6. The Morgan fingerprint density at radius 3 is 1.72 bits per heavy atom. The summed E-state index contributed by atoms with van der Waals surface area (Å²) in [7, 11) is 0. The average Bonchev–Trinajstić information content (AvgIpc) is 3.43. The van der Waals surface area contributed by atoms with E-state index in [0.29, 0.717) is 0 Å². The van der Waals surface area contributed by atoms with Gasteiger partial charge in [0.05, 0.1) is 43.6 Å². The lowest BCUT2D eigenvalue weighted by Crippen LogP contribution is -2.65. The Bertz CT molecular complexity index is 2620. The molecule has 15 nitrogen and oxygen atoms in total. The zero-order valence-corrected chi connectivity index (χ0v) is 39.6. The van der Waals surface area contributed by atoms with E-state index in [4.69, 9.17) is 47.4 Å². The van der Waals surface area contributed by atoms with Crippen molar-refractivity contribution in [2.45, 2.75) is 88.3 Å². The third-order valence-corrected chi connectivity index (χ3v) is 12.6. The number of hydrogen-bond donors (Lipinski definition) is 1. The van der Waals surface area contributed by atoms with Crippen molar-refractivity contribution in [3.63, 3.8) is 0 Å². The Labute approximate surface area is 418 Å². The maximum Gasteiger partial charge on any atom is 0.412 e. The van der Waals surface area contributed by atoms with Gasteiger partial charge in [0, 0.05) is 11.5 Å². The molecule has 72 heavy (non-hydrogen) atoms. The van der Waals surface area contributed by atoms with E-state index in [-0.39, 0.29) is 50.8 Å². The summed E-state index contributed by atoms with van der Waals surface area (Å²) in [5.74, 6) is -2.18. The Kier molecular flexibility index (Phi) is 17.1. The number of carbonyl (C=O) groups is 3. The van der Waals surface area contributed by atoms with Crippen LogP contribution in [0.3, 0.4) is 0 Å². The van der Waals surface area contributed by atoms with E-state index in [1.807, 2.05) is 121 Å². The van der Waals surface area contributed by atoms with Crippen molar-refractivity contribution in [3.05, 3.63) is 215 Å². The number of benzene rings is 6. The first kappa shape index (κ1) is 50.2. The van der Waals surface area contributed by atoms with Crippen molar-refractivity contribution in [1.82, 2.24) is 4.90 Å². The molecule has 11 unspecified atom stereocenters. The van der Waals surface area contributed by atoms with Crippen molar-refractivity contribution in [1.29, 1.82) is 0 Å². The zero-order chi connectivity index (χ0) is 49.7. The van der Waals surface area contributed by atoms with Crippen LogP contribution in [0.5, 0.6) is 0 Å². The number of aliphatic hydroxyl groups is 1. The summed E-state index contributed by atoms with van der Waals surface area (Å²) in [4.78, 5) is 43.2. The third kappa shape index (κ3) is 12.8. The summed E-state index contributed by atoms with van der Waals surface area (Å²) in [6, 6.07) is 54.4. The molecule has 374 valence electrons. The highest BCUT2D eigenvalue weighted by Crippen LogP contribution is 2.39.